The summed E-state index contributed by atoms with van der Waals surface area (Å²) in [5.74, 6) is -0.584. The van der Waals surface area contributed by atoms with Crippen molar-refractivity contribution in [3.8, 4) is 0 Å². The highest BCUT2D eigenvalue weighted by molar-refractivity contribution is 5.97. The molecular formula is C19H19NO3. The van der Waals surface area contributed by atoms with E-state index in [1.54, 1.807) is 0 Å². The number of hydrogen-bond donors (Lipinski definition) is 0. The van der Waals surface area contributed by atoms with Crippen LogP contribution < -0.4 is 0 Å². The second-order valence-electron chi connectivity index (χ2n) is 5.76. The predicted octanol–water partition coefficient (Wildman–Crippen LogP) is 3.38. The Hall–Kier alpha value is -2.62. The number of benzene rings is 2. The summed E-state index contributed by atoms with van der Waals surface area (Å²) < 4.78 is 5.12. The molecule has 0 bridgehead atoms. The summed E-state index contributed by atoms with van der Waals surface area (Å²) in [6.07, 6.45) is 0.0681. The van der Waals surface area contributed by atoms with E-state index in [-0.39, 0.29) is 24.5 Å². The molecule has 2 atom stereocenters. The Morgan fingerprint density at radius 2 is 1.74 bits per heavy atom. The summed E-state index contributed by atoms with van der Waals surface area (Å²) in [6, 6.07) is 19.1. The van der Waals surface area contributed by atoms with Gasteiger partial charge >= 0.3 is 6.09 Å². The van der Waals surface area contributed by atoms with Crippen LogP contribution in [0.15, 0.2) is 60.7 Å². The normalized spacial score (nSPS) is 18.6. The Balaban J connectivity index is 1.78. The van der Waals surface area contributed by atoms with Gasteiger partial charge in [0.25, 0.3) is 0 Å². The number of amides is 2. The molecule has 0 saturated carbocycles. The molecule has 0 aliphatic carbocycles. The molecule has 118 valence electrons. The third-order valence-corrected chi connectivity index (χ3v) is 4.18. The van der Waals surface area contributed by atoms with Gasteiger partial charge in [-0.25, -0.2) is 9.69 Å². The molecule has 1 saturated heterocycles. The lowest BCUT2D eigenvalue weighted by molar-refractivity contribution is -0.130. The second-order valence-corrected chi connectivity index (χ2v) is 5.76. The number of nitrogens with zero attached hydrogens (tertiary/aromatic N) is 1. The van der Waals surface area contributed by atoms with Crippen LogP contribution in [0.1, 0.15) is 24.0 Å². The van der Waals surface area contributed by atoms with Gasteiger partial charge in [-0.05, 0) is 24.5 Å². The third kappa shape index (κ3) is 3.26. The topological polar surface area (TPSA) is 46.6 Å². The molecule has 1 fully saturated rings. The Morgan fingerprint density at radius 3 is 2.39 bits per heavy atom. The zero-order valence-corrected chi connectivity index (χ0v) is 13.0. The van der Waals surface area contributed by atoms with E-state index in [2.05, 4.69) is 0 Å². The largest absolute Gasteiger partial charge is 0.447 e. The molecule has 0 spiro atoms. The van der Waals surface area contributed by atoms with Gasteiger partial charge in [0.05, 0.1) is 12.0 Å². The SMILES string of the molecule is C[C@H](C(=O)N1C(=O)OC[C@@H]1Cc1ccccc1)c1ccccc1. The number of carbonyl (C=O) groups is 2. The van der Waals surface area contributed by atoms with Crippen LogP contribution in [-0.2, 0) is 16.0 Å². The Kier molecular flexibility index (Phi) is 4.42. The van der Waals surface area contributed by atoms with Gasteiger partial charge in [0, 0.05) is 0 Å². The van der Waals surface area contributed by atoms with Crippen molar-refractivity contribution in [2.45, 2.75) is 25.3 Å². The zero-order valence-electron chi connectivity index (χ0n) is 13.0. The lowest BCUT2D eigenvalue weighted by Gasteiger charge is -2.23. The number of hydrogen-bond acceptors (Lipinski definition) is 3. The van der Waals surface area contributed by atoms with Crippen LogP contribution in [-0.4, -0.2) is 29.5 Å². The van der Waals surface area contributed by atoms with Gasteiger partial charge in [-0.2, -0.15) is 0 Å². The molecule has 0 aromatic heterocycles. The van der Waals surface area contributed by atoms with E-state index in [1.165, 1.54) is 4.90 Å². The molecule has 2 amide bonds. The summed E-state index contributed by atoms with van der Waals surface area (Å²) >= 11 is 0. The number of carbonyl (C=O) groups excluding carboxylic acids is 2. The Labute approximate surface area is 135 Å². The summed E-state index contributed by atoms with van der Waals surface area (Å²) in [7, 11) is 0. The molecule has 1 aliphatic heterocycles. The molecule has 0 radical (unpaired) electrons. The highest BCUT2D eigenvalue weighted by Crippen LogP contribution is 2.24. The number of ether oxygens (including phenoxy) is 1. The van der Waals surface area contributed by atoms with Crippen LogP contribution in [0.4, 0.5) is 4.79 Å². The van der Waals surface area contributed by atoms with Crippen LogP contribution in [0.5, 0.6) is 0 Å². The molecule has 1 aliphatic rings. The fourth-order valence-corrected chi connectivity index (χ4v) is 2.86. The maximum Gasteiger partial charge on any atom is 0.417 e. The molecule has 2 aromatic carbocycles. The van der Waals surface area contributed by atoms with E-state index < -0.39 is 6.09 Å². The van der Waals surface area contributed by atoms with Gasteiger partial charge in [0.15, 0.2) is 0 Å². The molecule has 3 rings (SSSR count). The van der Waals surface area contributed by atoms with Gasteiger partial charge in [-0.3, -0.25) is 4.79 Å². The van der Waals surface area contributed by atoms with Crippen molar-refractivity contribution >= 4 is 12.0 Å². The number of imide groups is 1. The maximum absolute atomic E-state index is 12.8. The van der Waals surface area contributed by atoms with Crippen LogP contribution >= 0.6 is 0 Å². The van der Waals surface area contributed by atoms with Gasteiger partial charge in [0.2, 0.25) is 5.91 Å². The fraction of sp³-hybridized carbons (Fsp3) is 0.263. The average molecular weight is 309 g/mol. The minimum absolute atomic E-state index is 0.209. The molecule has 2 aromatic rings. The number of rotatable bonds is 4. The van der Waals surface area contributed by atoms with Crippen LogP contribution in [0.2, 0.25) is 0 Å². The highest BCUT2D eigenvalue weighted by Gasteiger charge is 2.39. The van der Waals surface area contributed by atoms with Crippen LogP contribution in [0, 0.1) is 0 Å². The first-order valence-corrected chi connectivity index (χ1v) is 7.75. The average Bonchev–Trinajstić information content (AvgIpc) is 2.95. The van der Waals surface area contributed by atoms with Crippen molar-refractivity contribution in [1.29, 1.82) is 0 Å². The summed E-state index contributed by atoms with van der Waals surface area (Å²) in [5, 5.41) is 0. The summed E-state index contributed by atoms with van der Waals surface area (Å²) in [6.45, 7) is 2.07. The highest BCUT2D eigenvalue weighted by atomic mass is 16.6. The second kappa shape index (κ2) is 6.65. The van der Waals surface area contributed by atoms with E-state index in [0.717, 1.165) is 11.1 Å². The molecule has 0 unspecified atom stereocenters. The number of cyclic esters (lactones) is 1. The van der Waals surface area contributed by atoms with Crippen molar-refractivity contribution in [3.05, 3.63) is 71.8 Å². The lowest BCUT2D eigenvalue weighted by atomic mass is 9.98. The molecule has 0 N–H and O–H groups in total. The predicted molar refractivity (Wildman–Crippen MR) is 87.0 cm³/mol. The quantitative estimate of drug-likeness (QED) is 0.870. The van der Waals surface area contributed by atoms with Crippen molar-refractivity contribution in [1.82, 2.24) is 4.90 Å². The van der Waals surface area contributed by atoms with Crippen LogP contribution in [0.3, 0.4) is 0 Å². The molecule has 1 heterocycles. The first-order valence-electron chi connectivity index (χ1n) is 7.75. The van der Waals surface area contributed by atoms with Crippen molar-refractivity contribution < 1.29 is 14.3 Å². The van der Waals surface area contributed by atoms with E-state index in [1.807, 2.05) is 67.6 Å². The van der Waals surface area contributed by atoms with Crippen molar-refractivity contribution in [2.75, 3.05) is 6.61 Å². The van der Waals surface area contributed by atoms with Gasteiger partial charge < -0.3 is 4.74 Å². The minimum Gasteiger partial charge on any atom is -0.447 e. The van der Waals surface area contributed by atoms with Gasteiger partial charge in [0.1, 0.15) is 6.61 Å². The van der Waals surface area contributed by atoms with E-state index in [0.29, 0.717) is 6.42 Å². The molecular weight excluding hydrogens is 290 g/mol. The Bertz CT molecular complexity index is 684. The monoisotopic (exact) mass is 309 g/mol. The van der Waals surface area contributed by atoms with E-state index in [9.17, 15) is 9.59 Å². The maximum atomic E-state index is 12.8. The van der Waals surface area contributed by atoms with Crippen molar-refractivity contribution in [2.24, 2.45) is 0 Å². The zero-order chi connectivity index (χ0) is 16.2. The molecule has 4 nitrogen and oxygen atoms in total. The van der Waals surface area contributed by atoms with E-state index >= 15 is 0 Å². The lowest BCUT2D eigenvalue weighted by Crippen LogP contribution is -2.42. The first kappa shape index (κ1) is 15.3. The van der Waals surface area contributed by atoms with Crippen LogP contribution in [0.25, 0.3) is 0 Å². The van der Waals surface area contributed by atoms with Crippen molar-refractivity contribution in [3.63, 3.8) is 0 Å². The first-order chi connectivity index (χ1) is 11.2. The van der Waals surface area contributed by atoms with Gasteiger partial charge in [-0.15, -0.1) is 0 Å². The fourth-order valence-electron chi connectivity index (χ4n) is 2.86. The molecule has 23 heavy (non-hydrogen) atoms. The smallest absolute Gasteiger partial charge is 0.417 e. The summed E-state index contributed by atoms with van der Waals surface area (Å²) in [4.78, 5) is 26.1. The summed E-state index contributed by atoms with van der Waals surface area (Å²) in [5.41, 5.74) is 1.98. The standard InChI is InChI=1S/C19H19NO3/c1-14(16-10-6-3-7-11-16)18(21)20-17(13-23-19(20)22)12-15-8-4-2-5-9-15/h2-11,14,17H,12-13H2,1H3/t14-,17-/m0/s1. The Morgan fingerprint density at radius 1 is 1.13 bits per heavy atom. The minimum atomic E-state index is -0.543. The van der Waals surface area contributed by atoms with Gasteiger partial charge in [-0.1, -0.05) is 60.7 Å². The van der Waals surface area contributed by atoms with E-state index in [4.69, 9.17) is 4.74 Å². The molecule has 4 heteroatoms. The third-order valence-electron chi connectivity index (χ3n) is 4.18.